The number of aliphatic hydroxyl groups excluding tert-OH is 5. The molecule has 0 amide bonds. The van der Waals surface area contributed by atoms with E-state index in [0.29, 0.717) is 38.5 Å². The van der Waals surface area contributed by atoms with E-state index >= 15 is 0 Å². The summed E-state index contributed by atoms with van der Waals surface area (Å²) in [6.07, 6.45) is -0.805. The summed E-state index contributed by atoms with van der Waals surface area (Å²) in [7, 11) is -4.45. The highest BCUT2D eigenvalue weighted by Crippen LogP contribution is 2.72. The van der Waals surface area contributed by atoms with Crippen molar-refractivity contribution in [2.45, 2.75) is 204 Å². The first kappa shape index (κ1) is 55.5. The maximum absolute atomic E-state index is 13.9. The first-order chi connectivity index (χ1) is 33.8. The van der Waals surface area contributed by atoms with Crippen molar-refractivity contribution in [2.24, 2.45) is 98.6 Å². The van der Waals surface area contributed by atoms with E-state index in [9.17, 15) is 69.1 Å². The van der Waals surface area contributed by atoms with Gasteiger partial charge in [-0.25, -0.2) is 27.8 Å². The quantitative estimate of drug-likeness (QED) is 0.0865. The van der Waals surface area contributed by atoms with Crippen molar-refractivity contribution in [1.29, 1.82) is 0 Å². The topological polar surface area (TPSA) is 289 Å². The molecule has 17 heteroatoms. The average molecular weight is 1050 g/mol. The van der Waals surface area contributed by atoms with Crippen LogP contribution in [0.15, 0.2) is 29.2 Å². The second-order valence-corrected chi connectivity index (χ2v) is 28.7. The fourth-order valence-corrected chi connectivity index (χ4v) is 21.0. The molecule has 8 saturated carbocycles. The van der Waals surface area contributed by atoms with Crippen LogP contribution in [0.4, 0.5) is 0 Å². The summed E-state index contributed by atoms with van der Waals surface area (Å²) in [5.74, 6) is -10.4. The summed E-state index contributed by atoms with van der Waals surface area (Å²) in [6.45, 7) is 15.1. The van der Waals surface area contributed by atoms with Crippen LogP contribution >= 0.6 is 0 Å². The van der Waals surface area contributed by atoms with Crippen LogP contribution in [0.1, 0.15) is 150 Å². The molecule has 73 heavy (non-hydrogen) atoms. The zero-order valence-electron chi connectivity index (χ0n) is 44.1. The van der Waals surface area contributed by atoms with E-state index in [-0.39, 0.29) is 96.7 Å². The van der Waals surface area contributed by atoms with Gasteiger partial charge >= 0.3 is 11.9 Å². The Morgan fingerprint density at radius 2 is 1.07 bits per heavy atom. The predicted molar refractivity (Wildman–Crippen MR) is 264 cm³/mol. The van der Waals surface area contributed by atoms with Crippen LogP contribution in [0, 0.1) is 106 Å². The van der Waals surface area contributed by atoms with Gasteiger partial charge in [0, 0.05) is 23.2 Å². The van der Waals surface area contributed by atoms with Crippen LogP contribution in [0.5, 0.6) is 0 Å². The fraction of sp³-hybridized carbons (Fsp3) is 0.857. The first-order valence-electron chi connectivity index (χ1n) is 27.6. The first-order valence-corrected chi connectivity index (χ1v) is 29.1. The summed E-state index contributed by atoms with van der Waals surface area (Å²) in [5, 5.41) is 118. The highest BCUT2D eigenvalue weighted by molar-refractivity contribution is 7.92. The average Bonchev–Trinajstić information content (AvgIpc) is 3.87. The molecule has 16 nitrogen and oxygen atoms in total. The molecule has 8 fully saturated rings. The lowest BCUT2D eigenvalue weighted by atomic mass is 9.40. The lowest BCUT2D eigenvalue weighted by Gasteiger charge is -2.67. The Hall–Kier alpha value is -2.29. The third-order valence-corrected chi connectivity index (χ3v) is 25.9. The number of hydrogen-bond acceptors (Lipinski definition) is 16. The van der Waals surface area contributed by atoms with Gasteiger partial charge in [0.1, 0.15) is 0 Å². The fourth-order valence-electron chi connectivity index (χ4n) is 19.3. The zero-order valence-corrected chi connectivity index (χ0v) is 45.0. The van der Waals surface area contributed by atoms with E-state index in [2.05, 4.69) is 6.92 Å². The largest absolute Gasteiger partial charge is 0.393 e. The van der Waals surface area contributed by atoms with Gasteiger partial charge in [0.05, 0.1) is 48.3 Å². The molecule has 10 N–H and O–H groups in total. The normalized spacial score (nSPS) is 48.4. The third kappa shape index (κ3) is 8.09. The van der Waals surface area contributed by atoms with Gasteiger partial charge in [-0.3, -0.25) is 0 Å². The molecule has 0 saturated heterocycles. The van der Waals surface area contributed by atoms with Crippen molar-refractivity contribution in [3.05, 3.63) is 29.8 Å². The van der Waals surface area contributed by atoms with Gasteiger partial charge in [0.2, 0.25) is 9.84 Å². The van der Waals surface area contributed by atoms with Crippen molar-refractivity contribution in [3.8, 4) is 0 Å². The van der Waals surface area contributed by atoms with E-state index in [0.717, 1.165) is 18.4 Å². The molecule has 1 aromatic rings. The van der Waals surface area contributed by atoms with Crippen LogP contribution in [-0.4, -0.2) is 118 Å². The van der Waals surface area contributed by atoms with E-state index < -0.39 is 121 Å². The van der Waals surface area contributed by atoms with Gasteiger partial charge in [0.15, 0.2) is 16.5 Å². The Labute approximate surface area is 431 Å². The van der Waals surface area contributed by atoms with E-state index in [1.54, 1.807) is 32.9 Å². The van der Waals surface area contributed by atoms with Gasteiger partial charge in [-0.05, 0) is 178 Å². The van der Waals surface area contributed by atoms with E-state index in [1.807, 2.05) is 27.7 Å². The molecule has 1 aromatic carbocycles. The maximum Gasteiger partial charge on any atom is 0.355 e. The number of rotatable bonds is 10. The molecule has 0 bridgehead atoms. The Morgan fingerprint density at radius 1 is 0.630 bits per heavy atom. The number of hydrogen-bond donors (Lipinski definition) is 10. The Kier molecular flexibility index (Phi) is 14.2. The van der Waals surface area contributed by atoms with Crippen molar-refractivity contribution in [3.63, 3.8) is 0 Å². The van der Waals surface area contributed by atoms with Crippen molar-refractivity contribution in [1.82, 2.24) is 0 Å². The molecule has 0 heterocycles. The van der Waals surface area contributed by atoms with Crippen LogP contribution in [0.2, 0.25) is 0 Å². The molecule has 23 atom stereocenters. The number of aliphatic hydroxyl groups is 10. The smallest absolute Gasteiger partial charge is 0.355 e. The van der Waals surface area contributed by atoms with Crippen molar-refractivity contribution < 1.29 is 78.8 Å². The summed E-state index contributed by atoms with van der Waals surface area (Å²) in [5.41, 5.74) is -2.88. The molecule has 23 unspecified atom stereocenters. The number of benzene rings is 1. The number of sulfone groups is 1. The molecule has 9 rings (SSSR count). The number of aryl methyl sites for hydroxylation is 1. The highest BCUT2D eigenvalue weighted by atomic mass is 32.2. The Bertz CT molecular complexity index is 2360. The van der Waals surface area contributed by atoms with Crippen LogP contribution < -0.4 is 0 Å². The van der Waals surface area contributed by atoms with Gasteiger partial charge in [-0.2, -0.15) is 0 Å². The number of fused-ring (bicyclic) bond motifs is 10. The lowest BCUT2D eigenvalue weighted by molar-refractivity contribution is -0.361. The Morgan fingerprint density at radius 3 is 1.55 bits per heavy atom. The van der Waals surface area contributed by atoms with Crippen molar-refractivity contribution in [2.75, 3.05) is 0 Å². The SMILES string of the molecule is Cc1ccc(S(=O)(=O)C2(O)CC3CC(O)C4C5CCC(C(C)CCC(=O)OOC(=O)CCC(C)C6CCC7C8C(O)CC9CC(O)C(C)C(O)(O)C9(C)C8CC(O)C67C)C5(C)C(O)CC4C3(C)C(O)(O)C2)cc1. The molecule has 0 spiro atoms. The van der Waals surface area contributed by atoms with Gasteiger partial charge < -0.3 is 51.1 Å². The van der Waals surface area contributed by atoms with E-state index in [4.69, 9.17) is 9.78 Å². The minimum Gasteiger partial charge on any atom is -0.393 e. The Balaban J connectivity index is 0.777. The lowest BCUT2D eigenvalue weighted by Crippen LogP contribution is -2.71. The van der Waals surface area contributed by atoms with E-state index in [1.165, 1.54) is 12.1 Å². The minimum atomic E-state index is -4.45. The van der Waals surface area contributed by atoms with Gasteiger partial charge in [-0.1, -0.05) is 66.2 Å². The number of carbonyl (C=O) groups excluding carboxylic acids is 2. The highest BCUT2D eigenvalue weighted by Gasteiger charge is 2.74. The van der Waals surface area contributed by atoms with Crippen LogP contribution in [-0.2, 0) is 29.2 Å². The zero-order chi connectivity index (χ0) is 53.6. The molecular formula is C56H86O16S. The molecule has 8 aliphatic carbocycles. The van der Waals surface area contributed by atoms with Gasteiger partial charge in [0.25, 0.3) is 0 Å². The molecule has 0 aromatic heterocycles. The third-order valence-electron chi connectivity index (χ3n) is 23.7. The summed E-state index contributed by atoms with van der Waals surface area (Å²) in [4.78, 5) is 33.6. The molecule has 0 radical (unpaired) electrons. The minimum absolute atomic E-state index is 0.00216. The second kappa shape index (κ2) is 18.7. The molecular weight excluding hydrogens is 961 g/mol. The number of carbonyl (C=O) groups is 2. The van der Waals surface area contributed by atoms with Crippen molar-refractivity contribution >= 4 is 21.8 Å². The molecule has 412 valence electrons. The standard InChI is InChI=1S/C56H86O16S/c1-28-9-13-34(14-10-28)73(69,70)54(64)26-33-23-43(59)48-37-17-15-35(50(37,5)44(60)24-39(48)52(33,7)55(65,66)27-54)29(2)11-19-46(62)71-72-47(63)20-12-30(3)36-16-18-38-49-40(25-45(61)51(36,38)6)53(8)32(22-42(49)58)21-41(57)31(4)56(53,67)68/h9-10,13-14,29-33,35-45,48-49,57-61,64-68H,11-12,15-27H2,1-8H3. The predicted octanol–water partition coefficient (Wildman–Crippen LogP) is 4.68. The summed E-state index contributed by atoms with van der Waals surface area (Å²) >= 11 is 0. The molecule has 8 aliphatic rings. The van der Waals surface area contributed by atoms with Crippen LogP contribution in [0.25, 0.3) is 0 Å². The monoisotopic (exact) mass is 1050 g/mol. The summed E-state index contributed by atoms with van der Waals surface area (Å²) in [6, 6.07) is 6.02. The van der Waals surface area contributed by atoms with Crippen LogP contribution in [0.3, 0.4) is 0 Å². The molecule has 0 aliphatic heterocycles. The second-order valence-electron chi connectivity index (χ2n) is 26.5. The maximum atomic E-state index is 13.9. The van der Waals surface area contributed by atoms with Gasteiger partial charge in [-0.15, -0.1) is 0 Å². The summed E-state index contributed by atoms with van der Waals surface area (Å²) < 4.78 is 27.9.